The first-order valence-electron chi connectivity index (χ1n) is 24.6. The molecule has 21 rings (SSSR count). The van der Waals surface area contributed by atoms with E-state index in [1.807, 2.05) is 0 Å². The van der Waals surface area contributed by atoms with E-state index in [4.69, 9.17) is 66.3 Å². The molecule has 35 heteroatoms. The molecule has 77 heavy (non-hydrogen) atoms. The molecule has 21 aliphatic rings. The number of hydrogen-bond donors (Lipinski definition) is 20. The van der Waals surface area contributed by atoms with E-state index in [9.17, 15) is 107 Å². The summed E-state index contributed by atoms with van der Waals surface area (Å²) in [5, 5.41) is 220. The van der Waals surface area contributed by atoms with E-state index in [0.717, 1.165) is 0 Å². The minimum absolute atomic E-state index is 1.05. The predicted molar refractivity (Wildman–Crippen MR) is 227 cm³/mol. The second-order valence-electron chi connectivity index (χ2n) is 19.6. The summed E-state index contributed by atoms with van der Waals surface area (Å²) in [6, 6.07) is 0. The normalized spacial score (nSPS) is 55.4. The Morgan fingerprint density at radius 2 is 0.325 bits per heavy atom. The lowest BCUT2D eigenvalue weighted by atomic mass is 9.95. The van der Waals surface area contributed by atoms with Crippen LogP contribution in [0, 0.1) is 0 Å². The summed E-state index contributed by atoms with van der Waals surface area (Å²) in [7, 11) is 0. The van der Waals surface area contributed by atoms with Gasteiger partial charge in [0.2, 0.25) is 0 Å². The van der Waals surface area contributed by atoms with Crippen molar-refractivity contribution in [2.45, 2.75) is 215 Å². The van der Waals surface area contributed by atoms with Crippen molar-refractivity contribution in [1.82, 2.24) is 0 Å². The lowest BCUT2D eigenvalue weighted by Crippen LogP contribution is -2.68. The third kappa shape index (κ3) is 12.0. The van der Waals surface area contributed by atoms with Gasteiger partial charge in [0.25, 0.3) is 0 Å². The first-order valence-corrected chi connectivity index (χ1v) is 24.6. The average Bonchev–Trinajstić information content (AvgIpc) is 3.45. The molecule has 448 valence electrons. The van der Waals surface area contributed by atoms with Crippen LogP contribution in [0.15, 0.2) is 0 Å². The SMILES string of the molecule is OC[C@H]1O[C@@H]2O[C@H]3[C@H](O)[C@@H](O)[C@@H](O[C@H]4[C@H](O)[C@@H](O)[C@@H](O[C@H]5[C@H](O)[C@@H](O)[C@@H](O[C@H]6[C@H](O)[C@@H](O)[C@@H](O[C@H]7[C@H](O)[C@@H](O)[C@@H](O[C@H]8[C@H](O)[C@@H](O)C(O[C@H]1[C@H](O)[C@H]2O)O[C@@H]8CO)O[C@@H]7CO)O[C@@H]6CF)O[C@@H]5CO)O[C@@H]4CO)O[C@@H]3CO. The number of rotatable bonds is 7. The van der Waals surface area contributed by atoms with Gasteiger partial charge in [0, 0.05) is 0 Å². The third-order valence-electron chi connectivity index (χ3n) is 14.8. The topological polar surface area (TPSA) is 534 Å². The van der Waals surface area contributed by atoms with Crippen molar-refractivity contribution in [3.05, 3.63) is 0 Å². The molecule has 21 fully saturated rings. The van der Waals surface area contributed by atoms with Gasteiger partial charge in [-0.15, -0.1) is 0 Å². The van der Waals surface area contributed by atoms with Crippen molar-refractivity contribution in [1.29, 1.82) is 0 Å². The molecule has 21 aliphatic heterocycles. The van der Waals surface area contributed by atoms with Crippen LogP contribution in [0.3, 0.4) is 0 Å². The minimum Gasteiger partial charge on any atom is -0.394 e. The van der Waals surface area contributed by atoms with Gasteiger partial charge in [0.15, 0.2) is 44.0 Å². The lowest BCUT2D eigenvalue weighted by Gasteiger charge is -2.50. The summed E-state index contributed by atoms with van der Waals surface area (Å²) in [6.45, 7) is -7.91. The first-order chi connectivity index (χ1) is 36.7. The second-order valence-corrected chi connectivity index (χ2v) is 19.6. The van der Waals surface area contributed by atoms with Gasteiger partial charge in [0.1, 0.15) is 178 Å². The fraction of sp³-hybridized carbons (Fsp3) is 1.00. The van der Waals surface area contributed by atoms with Crippen molar-refractivity contribution < 1.29 is 173 Å². The summed E-state index contributed by atoms with van der Waals surface area (Å²) in [5.41, 5.74) is 0. The number of aliphatic hydroxyl groups is 20. The quantitative estimate of drug-likeness (QED) is 0.113. The Bertz CT molecular complexity index is 1470. The Balaban J connectivity index is 1.08. The molecule has 20 N–H and O–H groups in total. The molecule has 1 unspecified atom stereocenters. The second kappa shape index (κ2) is 26.0. The highest BCUT2D eigenvalue weighted by Crippen LogP contribution is 2.39. The molecule has 21 heterocycles. The van der Waals surface area contributed by atoms with Crippen molar-refractivity contribution in [3.63, 3.8) is 0 Å². The number of aliphatic hydroxyl groups excluding tert-OH is 20. The van der Waals surface area contributed by atoms with E-state index in [-0.39, 0.29) is 0 Å². The zero-order valence-electron chi connectivity index (χ0n) is 40.2. The zero-order chi connectivity index (χ0) is 56.1. The maximum Gasteiger partial charge on any atom is 0.187 e. The molecular weight excluding hydrogens is 1070 g/mol. The van der Waals surface area contributed by atoms with Crippen LogP contribution < -0.4 is 0 Å². The highest BCUT2D eigenvalue weighted by atomic mass is 19.1. The molecule has 0 spiro atoms. The molecule has 21 saturated heterocycles. The molecule has 0 saturated carbocycles. The largest absolute Gasteiger partial charge is 0.394 e. The minimum atomic E-state index is -2.26. The van der Waals surface area contributed by atoms with Crippen molar-refractivity contribution in [3.8, 4) is 0 Å². The smallest absolute Gasteiger partial charge is 0.187 e. The average molecular weight is 1140 g/mol. The molecule has 0 aromatic heterocycles. The Morgan fingerprint density at radius 3 is 0.455 bits per heavy atom. The van der Waals surface area contributed by atoms with E-state index in [0.29, 0.717) is 0 Å². The molecule has 14 bridgehead atoms. The van der Waals surface area contributed by atoms with Crippen LogP contribution in [0.5, 0.6) is 0 Å². The van der Waals surface area contributed by atoms with Crippen LogP contribution in [0.4, 0.5) is 4.39 Å². The summed E-state index contributed by atoms with van der Waals surface area (Å²) in [6.07, 6.45) is -71.3. The summed E-state index contributed by atoms with van der Waals surface area (Å²) < 4.78 is 93.8. The summed E-state index contributed by atoms with van der Waals surface area (Å²) >= 11 is 0. The van der Waals surface area contributed by atoms with Gasteiger partial charge in [-0.1, -0.05) is 0 Å². The molecule has 0 aliphatic carbocycles. The first kappa shape index (κ1) is 61.6. The molecule has 0 aromatic rings. The number of halogens is 1. The fourth-order valence-corrected chi connectivity index (χ4v) is 10.4. The van der Waals surface area contributed by atoms with Crippen molar-refractivity contribution in [2.24, 2.45) is 0 Å². The van der Waals surface area contributed by atoms with Crippen LogP contribution in [-0.2, 0) is 66.3 Å². The van der Waals surface area contributed by atoms with Gasteiger partial charge in [0.05, 0.1) is 39.6 Å². The van der Waals surface area contributed by atoms with Gasteiger partial charge in [-0.25, -0.2) is 4.39 Å². The van der Waals surface area contributed by atoms with Crippen LogP contribution in [0.2, 0.25) is 0 Å². The van der Waals surface area contributed by atoms with E-state index < -0.39 is 261 Å². The molecule has 0 amide bonds. The Kier molecular flexibility index (Phi) is 20.8. The number of ether oxygens (including phenoxy) is 14. The molecule has 35 atom stereocenters. The monoisotopic (exact) mass is 1140 g/mol. The van der Waals surface area contributed by atoms with Crippen molar-refractivity contribution >= 4 is 0 Å². The van der Waals surface area contributed by atoms with Crippen LogP contribution in [0.25, 0.3) is 0 Å². The maximum absolute atomic E-state index is 14.8. The Labute approximate surface area is 433 Å². The van der Waals surface area contributed by atoms with E-state index >= 15 is 0 Å². The van der Waals surface area contributed by atoms with Gasteiger partial charge >= 0.3 is 0 Å². The van der Waals surface area contributed by atoms with Crippen LogP contribution in [0.1, 0.15) is 0 Å². The summed E-state index contributed by atoms with van der Waals surface area (Å²) in [5.74, 6) is 0. The third-order valence-corrected chi connectivity index (χ3v) is 14.8. The van der Waals surface area contributed by atoms with Crippen molar-refractivity contribution in [2.75, 3.05) is 46.3 Å². The van der Waals surface area contributed by atoms with Gasteiger partial charge in [-0.05, 0) is 0 Å². The standard InChI is InChI=1S/C42H69FO34/c43-1-8-29-15(50)22(57)36(64-8)72-30-9(2-44)66-38(24(59)17(30)52)74-32-11(4-46)68-40(26(61)19(32)54)76-34-13(6-48)70-42(28(63)21(34)56)77-35-14(7-49)69-41(27(62)20(35)55)75-33-12(5-47)67-39(25(60)18(33)53)73-31-10(3-45)65-37(71-29)23(58)16(31)51/h8-42,44-63H,1-7H2/t8-,9-,10-,11-,12-,13-,14-,15-,16-,17-,18-,19-,20-,21-,22-,23-,24-,25-,26-,27-,28-,29-,30-,31-,32-,33-,34-,35-,36-,37-,38-,39-,40?,41-,42-/m1/s1. The van der Waals surface area contributed by atoms with Crippen LogP contribution >= 0.6 is 0 Å². The van der Waals surface area contributed by atoms with Gasteiger partial charge < -0.3 is 168 Å². The summed E-state index contributed by atoms with van der Waals surface area (Å²) in [4.78, 5) is 0. The predicted octanol–water partition coefficient (Wildman–Crippen LogP) is -14.3. The van der Waals surface area contributed by atoms with Crippen LogP contribution in [-0.4, -0.2) is 363 Å². The van der Waals surface area contributed by atoms with E-state index in [1.165, 1.54) is 0 Å². The number of hydrogen-bond acceptors (Lipinski definition) is 34. The Morgan fingerprint density at radius 1 is 0.195 bits per heavy atom. The molecular formula is C42H69FO34. The molecule has 0 aromatic carbocycles. The highest BCUT2D eigenvalue weighted by molar-refractivity contribution is 5.01. The molecule has 34 nitrogen and oxygen atoms in total. The van der Waals surface area contributed by atoms with Gasteiger partial charge in [-0.3, -0.25) is 0 Å². The zero-order valence-corrected chi connectivity index (χ0v) is 40.2. The van der Waals surface area contributed by atoms with Gasteiger partial charge in [-0.2, -0.15) is 0 Å². The van der Waals surface area contributed by atoms with E-state index in [2.05, 4.69) is 0 Å². The molecule has 0 radical (unpaired) electrons. The fourth-order valence-electron chi connectivity index (χ4n) is 10.4. The van der Waals surface area contributed by atoms with E-state index in [1.54, 1.807) is 0 Å². The number of alkyl halides is 1. The Hall–Kier alpha value is -1.43. The highest BCUT2D eigenvalue weighted by Gasteiger charge is 2.59. The lowest BCUT2D eigenvalue weighted by molar-refractivity contribution is -0.396. The maximum atomic E-state index is 14.8.